The smallest absolute Gasteiger partial charge is 0.339 e. The van der Waals surface area contributed by atoms with E-state index in [9.17, 15) is 9.90 Å². The maximum absolute atomic E-state index is 10.7. The third kappa shape index (κ3) is 2.08. The summed E-state index contributed by atoms with van der Waals surface area (Å²) in [6.45, 7) is 0.263. The minimum atomic E-state index is -1.18. The Balaban J connectivity index is 2.40. The summed E-state index contributed by atoms with van der Waals surface area (Å²) in [6, 6.07) is 4.13. The van der Waals surface area contributed by atoms with Gasteiger partial charge in [-0.15, -0.1) is 5.10 Å². The first kappa shape index (κ1) is 11.1. The lowest BCUT2D eigenvalue weighted by Gasteiger charge is -2.03. The zero-order valence-electron chi connectivity index (χ0n) is 8.74. The van der Waals surface area contributed by atoms with E-state index in [1.165, 1.54) is 22.9 Å². The molecular formula is C10H10N4O3. The van der Waals surface area contributed by atoms with Crippen molar-refractivity contribution >= 4 is 5.97 Å². The van der Waals surface area contributed by atoms with Gasteiger partial charge in [-0.3, -0.25) is 0 Å². The molecule has 88 valence electrons. The van der Waals surface area contributed by atoms with Gasteiger partial charge in [0.2, 0.25) is 0 Å². The lowest BCUT2D eigenvalue weighted by Crippen LogP contribution is -2.00. The third-order valence-corrected chi connectivity index (χ3v) is 2.23. The second kappa shape index (κ2) is 4.22. The number of nitrogens with zero attached hydrogens (tertiary/aromatic N) is 3. The SMILES string of the molecule is NCc1cn(-c2ccc(C(=O)O)c(O)c2)nn1. The van der Waals surface area contributed by atoms with Crippen molar-refractivity contribution in [1.82, 2.24) is 15.0 Å². The molecule has 17 heavy (non-hydrogen) atoms. The fraction of sp³-hybridized carbons (Fsp3) is 0.100. The molecule has 2 rings (SSSR count). The van der Waals surface area contributed by atoms with E-state index in [2.05, 4.69) is 10.3 Å². The zero-order valence-corrected chi connectivity index (χ0v) is 8.74. The first-order valence-corrected chi connectivity index (χ1v) is 4.80. The number of phenols is 1. The predicted molar refractivity (Wildman–Crippen MR) is 57.9 cm³/mol. The number of aromatic nitrogens is 3. The van der Waals surface area contributed by atoms with E-state index in [-0.39, 0.29) is 17.9 Å². The van der Waals surface area contributed by atoms with Crippen LogP contribution in [-0.2, 0) is 6.54 Å². The van der Waals surface area contributed by atoms with Gasteiger partial charge < -0.3 is 15.9 Å². The van der Waals surface area contributed by atoms with Crippen LogP contribution in [0.3, 0.4) is 0 Å². The molecule has 0 aliphatic heterocycles. The summed E-state index contributed by atoms with van der Waals surface area (Å²) in [7, 11) is 0. The average molecular weight is 234 g/mol. The normalized spacial score (nSPS) is 10.4. The molecule has 2 aromatic rings. The number of aromatic hydroxyl groups is 1. The van der Waals surface area contributed by atoms with Crippen molar-refractivity contribution in [2.45, 2.75) is 6.54 Å². The highest BCUT2D eigenvalue weighted by molar-refractivity contribution is 5.91. The fourth-order valence-electron chi connectivity index (χ4n) is 1.36. The number of carboxylic acids is 1. The summed E-state index contributed by atoms with van der Waals surface area (Å²) >= 11 is 0. The van der Waals surface area contributed by atoms with Gasteiger partial charge in [-0.2, -0.15) is 0 Å². The molecule has 0 bridgehead atoms. The zero-order chi connectivity index (χ0) is 12.4. The van der Waals surface area contributed by atoms with E-state index >= 15 is 0 Å². The van der Waals surface area contributed by atoms with Crippen LogP contribution in [0.5, 0.6) is 5.75 Å². The molecular weight excluding hydrogens is 224 g/mol. The minimum Gasteiger partial charge on any atom is -0.507 e. The number of rotatable bonds is 3. The minimum absolute atomic E-state index is 0.159. The van der Waals surface area contributed by atoms with E-state index in [4.69, 9.17) is 10.8 Å². The van der Waals surface area contributed by atoms with Crippen molar-refractivity contribution in [3.63, 3.8) is 0 Å². The van der Waals surface area contributed by atoms with Crippen molar-refractivity contribution in [3.05, 3.63) is 35.7 Å². The quantitative estimate of drug-likeness (QED) is 0.695. The number of carboxylic acid groups (broad SMARTS) is 1. The van der Waals surface area contributed by atoms with Crippen LogP contribution in [0.15, 0.2) is 24.4 Å². The van der Waals surface area contributed by atoms with Crippen LogP contribution >= 0.6 is 0 Å². The molecule has 7 heteroatoms. The second-order valence-corrected chi connectivity index (χ2v) is 3.37. The molecule has 0 saturated heterocycles. The lowest BCUT2D eigenvalue weighted by molar-refractivity contribution is 0.0694. The van der Waals surface area contributed by atoms with Gasteiger partial charge in [-0.05, 0) is 12.1 Å². The van der Waals surface area contributed by atoms with Gasteiger partial charge in [0.1, 0.15) is 11.3 Å². The molecule has 0 radical (unpaired) electrons. The van der Waals surface area contributed by atoms with Crippen LogP contribution in [0.4, 0.5) is 0 Å². The summed E-state index contributed by atoms with van der Waals surface area (Å²) in [5, 5.41) is 25.9. The monoisotopic (exact) mass is 234 g/mol. The van der Waals surface area contributed by atoms with E-state index in [1.54, 1.807) is 6.20 Å². The molecule has 1 heterocycles. The Bertz CT molecular complexity index is 564. The molecule has 0 fully saturated rings. The summed E-state index contributed by atoms with van der Waals surface area (Å²) < 4.78 is 1.41. The van der Waals surface area contributed by atoms with Crippen molar-refractivity contribution in [2.24, 2.45) is 5.73 Å². The molecule has 0 aliphatic rings. The van der Waals surface area contributed by atoms with Crippen LogP contribution in [0, 0.1) is 0 Å². The van der Waals surface area contributed by atoms with Crippen LogP contribution in [0.2, 0.25) is 0 Å². The third-order valence-electron chi connectivity index (χ3n) is 2.23. The van der Waals surface area contributed by atoms with Crippen molar-refractivity contribution in [3.8, 4) is 11.4 Å². The molecule has 0 amide bonds. The predicted octanol–water partition coefficient (Wildman–Crippen LogP) is 0.130. The molecule has 0 aliphatic carbocycles. The summed E-state index contributed by atoms with van der Waals surface area (Å²) in [5.41, 5.74) is 6.35. The molecule has 0 unspecified atom stereocenters. The van der Waals surface area contributed by atoms with Crippen LogP contribution in [0.25, 0.3) is 5.69 Å². The van der Waals surface area contributed by atoms with Crippen LogP contribution in [-0.4, -0.2) is 31.2 Å². The number of hydrogen-bond donors (Lipinski definition) is 3. The number of carbonyl (C=O) groups is 1. The molecule has 4 N–H and O–H groups in total. The molecule has 1 aromatic carbocycles. The number of benzene rings is 1. The van der Waals surface area contributed by atoms with Gasteiger partial charge >= 0.3 is 5.97 Å². The topological polar surface area (TPSA) is 114 Å². The highest BCUT2D eigenvalue weighted by Gasteiger charge is 2.11. The molecule has 1 aromatic heterocycles. The van der Waals surface area contributed by atoms with Gasteiger partial charge in [0.25, 0.3) is 0 Å². The van der Waals surface area contributed by atoms with Crippen LogP contribution in [0.1, 0.15) is 16.1 Å². The fourth-order valence-corrected chi connectivity index (χ4v) is 1.36. The van der Waals surface area contributed by atoms with E-state index in [0.29, 0.717) is 11.4 Å². The van der Waals surface area contributed by atoms with Gasteiger partial charge in [-0.25, -0.2) is 9.48 Å². The maximum atomic E-state index is 10.7. The Hall–Kier alpha value is -2.41. The Kier molecular flexibility index (Phi) is 2.75. The maximum Gasteiger partial charge on any atom is 0.339 e. The summed E-state index contributed by atoms with van der Waals surface area (Å²) in [5.74, 6) is -1.50. The highest BCUT2D eigenvalue weighted by Crippen LogP contribution is 2.20. The van der Waals surface area contributed by atoms with Gasteiger partial charge in [0, 0.05) is 12.6 Å². The largest absolute Gasteiger partial charge is 0.507 e. The van der Waals surface area contributed by atoms with Gasteiger partial charge in [0.15, 0.2) is 0 Å². The Morgan fingerprint density at radius 2 is 2.24 bits per heavy atom. The Morgan fingerprint density at radius 3 is 2.76 bits per heavy atom. The average Bonchev–Trinajstić information content (AvgIpc) is 2.76. The number of nitrogens with two attached hydrogens (primary N) is 1. The Morgan fingerprint density at radius 1 is 1.47 bits per heavy atom. The van der Waals surface area contributed by atoms with Gasteiger partial charge in [0.05, 0.1) is 17.6 Å². The van der Waals surface area contributed by atoms with Crippen molar-refractivity contribution < 1.29 is 15.0 Å². The first-order chi connectivity index (χ1) is 8.11. The van der Waals surface area contributed by atoms with E-state index in [0.717, 1.165) is 0 Å². The summed E-state index contributed by atoms with van der Waals surface area (Å²) in [6.07, 6.45) is 1.61. The first-order valence-electron chi connectivity index (χ1n) is 4.80. The number of aromatic carboxylic acids is 1. The van der Waals surface area contributed by atoms with E-state index < -0.39 is 5.97 Å². The Labute approximate surface area is 96.1 Å². The van der Waals surface area contributed by atoms with Gasteiger partial charge in [-0.1, -0.05) is 5.21 Å². The molecule has 0 atom stereocenters. The van der Waals surface area contributed by atoms with E-state index in [1.807, 2.05) is 0 Å². The lowest BCUT2D eigenvalue weighted by atomic mass is 10.2. The molecule has 7 nitrogen and oxygen atoms in total. The highest BCUT2D eigenvalue weighted by atomic mass is 16.4. The second-order valence-electron chi connectivity index (χ2n) is 3.37. The standard InChI is InChI=1S/C10H10N4O3/c11-4-6-5-14(13-12-6)7-1-2-8(10(16)17)9(15)3-7/h1-3,5,15H,4,11H2,(H,16,17). The van der Waals surface area contributed by atoms with Crippen molar-refractivity contribution in [2.75, 3.05) is 0 Å². The molecule has 0 spiro atoms. The van der Waals surface area contributed by atoms with Crippen LogP contribution < -0.4 is 5.73 Å². The summed E-state index contributed by atoms with van der Waals surface area (Å²) in [4.78, 5) is 10.7. The van der Waals surface area contributed by atoms with Crippen molar-refractivity contribution in [1.29, 1.82) is 0 Å². The molecule has 0 saturated carbocycles. The number of hydrogen-bond acceptors (Lipinski definition) is 5.